The van der Waals surface area contributed by atoms with Crippen molar-refractivity contribution in [2.24, 2.45) is 10.1 Å². The van der Waals surface area contributed by atoms with E-state index in [0.717, 1.165) is 37.2 Å². The van der Waals surface area contributed by atoms with Crippen LogP contribution in [0.5, 0.6) is 5.75 Å². The lowest BCUT2D eigenvalue weighted by molar-refractivity contribution is 0.0701. The highest BCUT2D eigenvalue weighted by Gasteiger charge is 2.10. The molecule has 2 aromatic rings. The molecular formula is C18H19N3O3. The van der Waals surface area contributed by atoms with Crippen molar-refractivity contribution >= 4 is 18.0 Å². The molecule has 6 heteroatoms. The van der Waals surface area contributed by atoms with Crippen LogP contribution in [0.1, 0.15) is 41.8 Å². The third-order valence-corrected chi connectivity index (χ3v) is 3.59. The molecule has 0 unspecified atom stereocenters. The fraction of sp³-hybridized carbons (Fsp3) is 0.278. The Labute approximate surface area is 140 Å². The average Bonchev–Trinajstić information content (AvgIpc) is 3.02. The first-order chi connectivity index (χ1) is 11.8. The van der Waals surface area contributed by atoms with Crippen LogP contribution in [0.4, 0.5) is 0 Å². The number of nitrogens with zero attached hydrogens (tertiary/aromatic N) is 2. The molecule has 0 atom stereocenters. The molecule has 0 radical (unpaired) electrons. The van der Waals surface area contributed by atoms with Crippen LogP contribution in [0.2, 0.25) is 0 Å². The van der Waals surface area contributed by atoms with Gasteiger partial charge in [0.2, 0.25) is 5.76 Å². The number of rotatable bonds is 4. The van der Waals surface area contributed by atoms with Crippen LogP contribution >= 0.6 is 0 Å². The van der Waals surface area contributed by atoms with Gasteiger partial charge in [0.15, 0.2) is 0 Å². The Bertz CT molecular complexity index is 718. The summed E-state index contributed by atoms with van der Waals surface area (Å²) in [6.07, 6.45) is 7.60. The number of aliphatic imine (C=N–C) groups is 1. The van der Waals surface area contributed by atoms with Crippen molar-refractivity contribution in [1.29, 1.82) is 0 Å². The van der Waals surface area contributed by atoms with Gasteiger partial charge in [-0.15, -0.1) is 0 Å². The Kier molecular flexibility index (Phi) is 5.40. The van der Waals surface area contributed by atoms with Gasteiger partial charge >= 0.3 is 5.97 Å². The molecule has 1 aromatic carbocycles. The first kappa shape index (κ1) is 16.0. The highest BCUT2D eigenvalue weighted by atomic mass is 16.5. The van der Waals surface area contributed by atoms with Gasteiger partial charge in [-0.3, -0.25) is 10.4 Å². The Morgan fingerprint density at radius 2 is 2.08 bits per heavy atom. The quantitative estimate of drug-likeness (QED) is 0.404. The van der Waals surface area contributed by atoms with Crippen LogP contribution in [-0.2, 0) is 0 Å². The molecule has 0 aliphatic carbocycles. The SMILES string of the molecule is O=C(Oc1ccc(C=NNC2=NCCCCC2)cc1)c1ccco1. The molecule has 1 aromatic heterocycles. The summed E-state index contributed by atoms with van der Waals surface area (Å²) in [5.41, 5.74) is 3.89. The Morgan fingerprint density at radius 3 is 2.88 bits per heavy atom. The first-order valence-electron chi connectivity index (χ1n) is 7.99. The van der Waals surface area contributed by atoms with Crippen molar-refractivity contribution in [1.82, 2.24) is 5.43 Å². The maximum atomic E-state index is 11.8. The smallest absolute Gasteiger partial charge is 0.379 e. The lowest BCUT2D eigenvalue weighted by atomic mass is 10.2. The zero-order valence-corrected chi connectivity index (χ0v) is 13.3. The van der Waals surface area contributed by atoms with Gasteiger partial charge in [-0.1, -0.05) is 6.42 Å². The number of ether oxygens (including phenoxy) is 1. The summed E-state index contributed by atoms with van der Waals surface area (Å²) >= 11 is 0. The summed E-state index contributed by atoms with van der Waals surface area (Å²) < 4.78 is 10.2. The largest absolute Gasteiger partial charge is 0.457 e. The minimum atomic E-state index is -0.519. The van der Waals surface area contributed by atoms with Gasteiger partial charge in [0.05, 0.1) is 12.5 Å². The number of nitrogens with one attached hydrogen (secondary N) is 1. The summed E-state index contributed by atoms with van der Waals surface area (Å²) in [4.78, 5) is 16.2. The van der Waals surface area contributed by atoms with Gasteiger partial charge in [0.25, 0.3) is 0 Å². The molecular weight excluding hydrogens is 306 g/mol. The molecule has 0 amide bonds. The number of esters is 1. The monoisotopic (exact) mass is 325 g/mol. The molecule has 1 aliphatic heterocycles. The molecule has 24 heavy (non-hydrogen) atoms. The number of benzene rings is 1. The first-order valence-corrected chi connectivity index (χ1v) is 7.99. The summed E-state index contributed by atoms with van der Waals surface area (Å²) in [6.45, 7) is 0.869. The molecule has 1 aliphatic rings. The van der Waals surface area contributed by atoms with E-state index in [1.54, 1.807) is 30.5 Å². The van der Waals surface area contributed by atoms with E-state index >= 15 is 0 Å². The summed E-state index contributed by atoms with van der Waals surface area (Å²) in [5, 5.41) is 4.21. The highest BCUT2D eigenvalue weighted by Crippen LogP contribution is 2.14. The number of amidine groups is 1. The second kappa shape index (κ2) is 8.10. The molecule has 0 saturated carbocycles. The maximum absolute atomic E-state index is 11.8. The zero-order valence-electron chi connectivity index (χ0n) is 13.3. The van der Waals surface area contributed by atoms with Crippen LogP contribution in [0.25, 0.3) is 0 Å². The van der Waals surface area contributed by atoms with Gasteiger partial charge < -0.3 is 9.15 Å². The predicted molar refractivity (Wildman–Crippen MR) is 91.6 cm³/mol. The van der Waals surface area contributed by atoms with Gasteiger partial charge in [-0.2, -0.15) is 5.10 Å². The molecule has 0 fully saturated rings. The predicted octanol–water partition coefficient (Wildman–Crippen LogP) is 3.39. The zero-order chi connectivity index (χ0) is 16.6. The molecule has 0 saturated heterocycles. The number of furan rings is 1. The van der Waals surface area contributed by atoms with Gasteiger partial charge in [0.1, 0.15) is 11.6 Å². The summed E-state index contributed by atoms with van der Waals surface area (Å²) in [6, 6.07) is 10.3. The van der Waals surface area contributed by atoms with E-state index in [0.29, 0.717) is 5.75 Å². The highest BCUT2D eigenvalue weighted by molar-refractivity contribution is 5.88. The van der Waals surface area contributed by atoms with E-state index in [2.05, 4.69) is 15.5 Å². The van der Waals surface area contributed by atoms with Crippen LogP contribution in [0.3, 0.4) is 0 Å². The van der Waals surface area contributed by atoms with Gasteiger partial charge in [0, 0.05) is 13.0 Å². The standard InChI is InChI=1S/C18H19N3O3/c22-18(16-5-4-12-23-16)24-15-9-7-14(8-10-15)13-20-21-17-6-2-1-3-11-19-17/h4-5,7-10,12-13H,1-3,6,11H2,(H,19,21). The van der Waals surface area contributed by atoms with Crippen molar-refractivity contribution in [3.05, 3.63) is 54.0 Å². The van der Waals surface area contributed by atoms with Crippen molar-refractivity contribution in [2.75, 3.05) is 6.54 Å². The third kappa shape index (κ3) is 4.55. The topological polar surface area (TPSA) is 76.2 Å². The van der Waals surface area contributed by atoms with Crippen LogP contribution in [-0.4, -0.2) is 24.6 Å². The summed E-state index contributed by atoms with van der Waals surface area (Å²) in [7, 11) is 0. The molecule has 2 heterocycles. The van der Waals surface area contributed by atoms with Crippen molar-refractivity contribution in [2.45, 2.75) is 25.7 Å². The van der Waals surface area contributed by atoms with E-state index in [-0.39, 0.29) is 5.76 Å². The van der Waals surface area contributed by atoms with Gasteiger partial charge in [-0.05, 0) is 54.8 Å². The number of carbonyl (C=O) groups excluding carboxylic acids is 1. The summed E-state index contributed by atoms with van der Waals surface area (Å²) in [5.74, 6) is 1.05. The van der Waals surface area contributed by atoms with Crippen molar-refractivity contribution < 1.29 is 13.9 Å². The molecule has 0 bridgehead atoms. The minimum Gasteiger partial charge on any atom is -0.457 e. The number of hydrogen-bond acceptors (Lipinski definition) is 6. The lowest BCUT2D eigenvalue weighted by Crippen LogP contribution is -2.17. The van der Waals surface area contributed by atoms with Gasteiger partial charge in [-0.25, -0.2) is 4.79 Å². The van der Waals surface area contributed by atoms with E-state index in [1.165, 1.54) is 12.7 Å². The Hall–Kier alpha value is -2.89. The molecule has 6 nitrogen and oxygen atoms in total. The molecule has 3 rings (SSSR count). The second-order valence-corrected chi connectivity index (χ2v) is 5.44. The van der Waals surface area contributed by atoms with Crippen molar-refractivity contribution in [3.8, 4) is 5.75 Å². The van der Waals surface area contributed by atoms with Crippen LogP contribution in [0.15, 0.2) is 57.2 Å². The Balaban J connectivity index is 1.53. The fourth-order valence-electron chi connectivity index (χ4n) is 2.32. The number of hydrazone groups is 1. The molecule has 0 spiro atoms. The number of carbonyl (C=O) groups is 1. The van der Waals surface area contributed by atoms with E-state index in [9.17, 15) is 4.79 Å². The van der Waals surface area contributed by atoms with E-state index in [1.807, 2.05) is 12.1 Å². The lowest BCUT2D eigenvalue weighted by Gasteiger charge is -2.03. The maximum Gasteiger partial charge on any atom is 0.379 e. The third-order valence-electron chi connectivity index (χ3n) is 3.59. The fourth-order valence-corrected chi connectivity index (χ4v) is 2.32. The van der Waals surface area contributed by atoms with Crippen LogP contribution in [0, 0.1) is 0 Å². The van der Waals surface area contributed by atoms with E-state index in [4.69, 9.17) is 9.15 Å². The Morgan fingerprint density at radius 1 is 1.21 bits per heavy atom. The molecule has 124 valence electrons. The second-order valence-electron chi connectivity index (χ2n) is 5.44. The normalized spacial score (nSPS) is 14.9. The minimum absolute atomic E-state index is 0.175. The van der Waals surface area contributed by atoms with Crippen molar-refractivity contribution in [3.63, 3.8) is 0 Å². The number of hydrogen-bond donors (Lipinski definition) is 1. The van der Waals surface area contributed by atoms with E-state index < -0.39 is 5.97 Å². The van der Waals surface area contributed by atoms with Crippen LogP contribution < -0.4 is 10.2 Å². The molecule has 1 N–H and O–H groups in total. The average molecular weight is 325 g/mol.